The molecule has 0 aromatic carbocycles. The van der Waals surface area contributed by atoms with Crippen LogP contribution >= 0.6 is 12.4 Å². The van der Waals surface area contributed by atoms with Crippen LogP contribution in [0.4, 0.5) is 0 Å². The summed E-state index contributed by atoms with van der Waals surface area (Å²) in [6, 6.07) is 0.233. The number of nitrogens with two attached hydrogens (primary N) is 1. The van der Waals surface area contributed by atoms with Crippen LogP contribution in [0, 0.1) is 5.92 Å². The van der Waals surface area contributed by atoms with Crippen LogP contribution in [0.25, 0.3) is 0 Å². The Morgan fingerprint density at radius 2 is 2.23 bits per heavy atom. The van der Waals surface area contributed by atoms with Gasteiger partial charge in [-0.2, -0.15) is 0 Å². The largest absolute Gasteiger partial charge is 0.349 e. The summed E-state index contributed by atoms with van der Waals surface area (Å²) in [5.74, 6) is 1.65. The quantitative estimate of drug-likeness (QED) is 0.784. The SMILES string of the molecule is CC(C)CC(N)Cc1ncc[nH]1.Cl. The van der Waals surface area contributed by atoms with Crippen molar-refractivity contribution in [3.05, 3.63) is 18.2 Å². The first-order valence-electron chi connectivity index (χ1n) is 4.42. The zero-order valence-electron chi connectivity index (χ0n) is 8.16. The van der Waals surface area contributed by atoms with Crippen molar-refractivity contribution in [1.29, 1.82) is 0 Å². The van der Waals surface area contributed by atoms with E-state index >= 15 is 0 Å². The third kappa shape index (κ3) is 4.90. The van der Waals surface area contributed by atoms with Gasteiger partial charge >= 0.3 is 0 Å². The van der Waals surface area contributed by atoms with Gasteiger partial charge in [0.25, 0.3) is 0 Å². The van der Waals surface area contributed by atoms with Crippen LogP contribution < -0.4 is 5.73 Å². The van der Waals surface area contributed by atoms with Crippen molar-refractivity contribution in [2.45, 2.75) is 32.7 Å². The summed E-state index contributed by atoms with van der Waals surface area (Å²) in [4.78, 5) is 7.18. The lowest BCUT2D eigenvalue weighted by atomic mass is 10.0. The number of H-pyrrole nitrogens is 1. The zero-order valence-corrected chi connectivity index (χ0v) is 8.97. The van der Waals surface area contributed by atoms with Gasteiger partial charge in [0.05, 0.1) is 0 Å². The van der Waals surface area contributed by atoms with Crippen molar-refractivity contribution in [2.75, 3.05) is 0 Å². The summed E-state index contributed by atoms with van der Waals surface area (Å²) >= 11 is 0. The lowest BCUT2D eigenvalue weighted by Gasteiger charge is -2.11. The van der Waals surface area contributed by atoms with Crippen LogP contribution in [0.1, 0.15) is 26.1 Å². The van der Waals surface area contributed by atoms with Gasteiger partial charge in [-0.1, -0.05) is 13.8 Å². The van der Waals surface area contributed by atoms with E-state index in [1.807, 2.05) is 6.20 Å². The third-order valence-corrected chi connectivity index (χ3v) is 1.78. The smallest absolute Gasteiger partial charge is 0.107 e. The summed E-state index contributed by atoms with van der Waals surface area (Å²) in [5.41, 5.74) is 5.91. The molecule has 0 saturated carbocycles. The van der Waals surface area contributed by atoms with Gasteiger partial charge in [0.15, 0.2) is 0 Å². The minimum atomic E-state index is 0. The highest BCUT2D eigenvalue weighted by atomic mass is 35.5. The minimum Gasteiger partial charge on any atom is -0.349 e. The Balaban J connectivity index is 0.00000144. The second-order valence-electron chi connectivity index (χ2n) is 3.63. The average Bonchev–Trinajstić information content (AvgIpc) is 2.37. The van der Waals surface area contributed by atoms with Crippen LogP contribution in [0.5, 0.6) is 0 Å². The third-order valence-electron chi connectivity index (χ3n) is 1.78. The number of nitrogens with one attached hydrogen (secondary N) is 1. The van der Waals surface area contributed by atoms with Crippen molar-refractivity contribution >= 4 is 12.4 Å². The van der Waals surface area contributed by atoms with E-state index < -0.39 is 0 Å². The molecule has 1 atom stereocenters. The molecule has 1 rings (SSSR count). The van der Waals surface area contributed by atoms with Crippen LogP contribution in [0.2, 0.25) is 0 Å². The van der Waals surface area contributed by atoms with Crippen molar-refractivity contribution < 1.29 is 0 Å². The Bertz CT molecular complexity index is 209. The molecule has 1 aromatic rings. The van der Waals surface area contributed by atoms with Crippen LogP contribution in [0.15, 0.2) is 12.4 Å². The molecule has 0 aliphatic heterocycles. The van der Waals surface area contributed by atoms with Gasteiger partial charge in [0, 0.05) is 24.9 Å². The van der Waals surface area contributed by atoms with Crippen LogP contribution in [0.3, 0.4) is 0 Å². The average molecular weight is 204 g/mol. The molecular formula is C9H18ClN3. The standard InChI is InChI=1S/C9H17N3.ClH/c1-7(2)5-8(10)6-9-11-3-4-12-9;/h3-4,7-8H,5-6,10H2,1-2H3,(H,11,12);1H. The molecule has 4 heteroatoms. The van der Waals surface area contributed by atoms with E-state index in [0.29, 0.717) is 5.92 Å². The molecule has 1 aromatic heterocycles. The molecule has 0 aliphatic rings. The monoisotopic (exact) mass is 203 g/mol. The van der Waals surface area contributed by atoms with Crippen molar-refractivity contribution in [1.82, 2.24) is 9.97 Å². The predicted octanol–water partition coefficient (Wildman–Crippen LogP) is 1.75. The number of hydrogen-bond donors (Lipinski definition) is 2. The van der Waals surface area contributed by atoms with Gasteiger partial charge < -0.3 is 10.7 Å². The van der Waals surface area contributed by atoms with Gasteiger partial charge in [-0.05, 0) is 12.3 Å². The fourth-order valence-electron chi connectivity index (χ4n) is 1.35. The first-order chi connectivity index (χ1) is 5.68. The highest BCUT2D eigenvalue weighted by molar-refractivity contribution is 5.85. The summed E-state index contributed by atoms with van der Waals surface area (Å²) in [6.07, 6.45) is 5.50. The van der Waals surface area contributed by atoms with Gasteiger partial charge in [-0.25, -0.2) is 4.98 Å². The first-order valence-corrected chi connectivity index (χ1v) is 4.42. The summed E-state index contributed by atoms with van der Waals surface area (Å²) in [7, 11) is 0. The Morgan fingerprint density at radius 3 is 2.69 bits per heavy atom. The Labute approximate surface area is 85.5 Å². The normalized spacial score (nSPS) is 12.6. The summed E-state index contributed by atoms with van der Waals surface area (Å²) < 4.78 is 0. The lowest BCUT2D eigenvalue weighted by Crippen LogP contribution is -2.25. The van der Waals surface area contributed by atoms with E-state index in [9.17, 15) is 0 Å². The second kappa shape index (κ2) is 6.00. The van der Waals surface area contributed by atoms with E-state index in [2.05, 4.69) is 23.8 Å². The number of halogens is 1. The van der Waals surface area contributed by atoms with Crippen molar-refractivity contribution in [2.24, 2.45) is 11.7 Å². The number of hydrogen-bond acceptors (Lipinski definition) is 2. The summed E-state index contributed by atoms with van der Waals surface area (Å²) in [6.45, 7) is 4.37. The van der Waals surface area contributed by atoms with Crippen molar-refractivity contribution in [3.8, 4) is 0 Å². The molecule has 0 aliphatic carbocycles. The summed E-state index contributed by atoms with van der Waals surface area (Å²) in [5, 5.41) is 0. The number of aromatic amines is 1. The number of nitrogens with zero attached hydrogens (tertiary/aromatic N) is 1. The van der Waals surface area contributed by atoms with Gasteiger partial charge in [-0.15, -0.1) is 12.4 Å². The molecule has 13 heavy (non-hydrogen) atoms. The molecular weight excluding hydrogens is 186 g/mol. The van der Waals surface area contributed by atoms with E-state index in [-0.39, 0.29) is 18.4 Å². The molecule has 1 heterocycles. The van der Waals surface area contributed by atoms with Gasteiger partial charge in [0.2, 0.25) is 0 Å². The highest BCUT2D eigenvalue weighted by Crippen LogP contribution is 2.05. The van der Waals surface area contributed by atoms with Crippen LogP contribution in [-0.4, -0.2) is 16.0 Å². The molecule has 0 amide bonds. The number of rotatable bonds is 4. The fraction of sp³-hybridized carbons (Fsp3) is 0.667. The van der Waals surface area contributed by atoms with E-state index in [1.54, 1.807) is 6.20 Å². The van der Waals surface area contributed by atoms with Crippen molar-refractivity contribution in [3.63, 3.8) is 0 Å². The Morgan fingerprint density at radius 1 is 1.54 bits per heavy atom. The molecule has 1 unspecified atom stereocenters. The molecule has 76 valence electrons. The molecule has 3 N–H and O–H groups in total. The number of imidazole rings is 1. The lowest BCUT2D eigenvalue weighted by molar-refractivity contribution is 0.488. The highest BCUT2D eigenvalue weighted by Gasteiger charge is 2.07. The molecule has 3 nitrogen and oxygen atoms in total. The molecule has 0 fully saturated rings. The maximum atomic E-state index is 5.91. The van der Waals surface area contributed by atoms with E-state index in [1.165, 1.54) is 0 Å². The Hall–Kier alpha value is -0.540. The minimum absolute atomic E-state index is 0. The molecule has 0 spiro atoms. The topological polar surface area (TPSA) is 54.7 Å². The van der Waals surface area contributed by atoms with E-state index in [0.717, 1.165) is 18.7 Å². The second-order valence-corrected chi connectivity index (χ2v) is 3.63. The fourth-order valence-corrected chi connectivity index (χ4v) is 1.35. The molecule has 0 saturated heterocycles. The number of aromatic nitrogens is 2. The maximum absolute atomic E-state index is 5.91. The molecule has 0 radical (unpaired) electrons. The molecule has 0 bridgehead atoms. The van der Waals surface area contributed by atoms with Gasteiger partial charge in [0.1, 0.15) is 5.82 Å². The maximum Gasteiger partial charge on any atom is 0.107 e. The first kappa shape index (κ1) is 12.5. The van der Waals surface area contributed by atoms with Gasteiger partial charge in [-0.3, -0.25) is 0 Å². The zero-order chi connectivity index (χ0) is 8.97. The van der Waals surface area contributed by atoms with Crippen LogP contribution in [-0.2, 0) is 6.42 Å². The van der Waals surface area contributed by atoms with E-state index in [4.69, 9.17) is 5.73 Å². The Kier molecular flexibility index (Phi) is 5.75. The predicted molar refractivity (Wildman–Crippen MR) is 57.0 cm³/mol.